The van der Waals surface area contributed by atoms with E-state index in [1.165, 1.54) is 4.31 Å². The van der Waals surface area contributed by atoms with Crippen molar-refractivity contribution >= 4 is 10.0 Å². The zero-order chi connectivity index (χ0) is 13.9. The number of sulfonamides is 1. The molecule has 0 amide bonds. The van der Waals surface area contributed by atoms with Crippen LogP contribution in [0.1, 0.15) is 31.7 Å². The van der Waals surface area contributed by atoms with Crippen molar-refractivity contribution in [3.05, 3.63) is 17.5 Å². The van der Waals surface area contributed by atoms with E-state index in [0.29, 0.717) is 30.1 Å². The molecule has 0 unspecified atom stereocenters. The summed E-state index contributed by atoms with van der Waals surface area (Å²) in [6.45, 7) is 8.34. The van der Waals surface area contributed by atoms with Gasteiger partial charge in [-0.3, -0.25) is 0 Å². The molecule has 0 radical (unpaired) electrons. The summed E-state index contributed by atoms with van der Waals surface area (Å²) in [6, 6.07) is 1.61. The molecule has 1 aromatic heterocycles. The summed E-state index contributed by atoms with van der Waals surface area (Å²) in [5.74, 6) is 0. The second kappa shape index (κ2) is 5.86. The highest BCUT2D eigenvalue weighted by Gasteiger charge is 2.28. The van der Waals surface area contributed by atoms with Gasteiger partial charge in [-0.15, -0.1) is 0 Å². The molecule has 0 aliphatic carbocycles. The fourth-order valence-corrected chi connectivity index (χ4v) is 3.94. The maximum absolute atomic E-state index is 12.6. The van der Waals surface area contributed by atoms with Gasteiger partial charge in [0.1, 0.15) is 4.90 Å². The standard InChI is InChI=1S/C12H23N3O2S/c1-9(2)15(7-5-6-13)18(16,17)12-8-10(3)14-11(12)4/h8-9,14H,5-7,13H2,1-4H3. The van der Waals surface area contributed by atoms with Gasteiger partial charge in [0.25, 0.3) is 0 Å². The number of aryl methyl sites for hydroxylation is 2. The predicted molar refractivity (Wildman–Crippen MR) is 73.0 cm³/mol. The van der Waals surface area contributed by atoms with Crippen LogP contribution in [0.2, 0.25) is 0 Å². The lowest BCUT2D eigenvalue weighted by atomic mass is 10.3. The Bertz CT molecular complexity index is 491. The molecule has 18 heavy (non-hydrogen) atoms. The zero-order valence-electron chi connectivity index (χ0n) is 11.5. The molecule has 1 rings (SSSR count). The number of hydrogen-bond donors (Lipinski definition) is 2. The van der Waals surface area contributed by atoms with E-state index in [9.17, 15) is 8.42 Å². The van der Waals surface area contributed by atoms with Crippen LogP contribution < -0.4 is 5.73 Å². The first kappa shape index (κ1) is 15.2. The summed E-state index contributed by atoms with van der Waals surface area (Å²) in [5.41, 5.74) is 7.01. The largest absolute Gasteiger partial charge is 0.362 e. The Hall–Kier alpha value is -0.850. The minimum absolute atomic E-state index is 0.0730. The molecule has 5 nitrogen and oxygen atoms in total. The summed E-state index contributed by atoms with van der Waals surface area (Å²) >= 11 is 0. The van der Waals surface area contributed by atoms with E-state index in [1.54, 1.807) is 13.0 Å². The lowest BCUT2D eigenvalue weighted by Gasteiger charge is -2.25. The Kier molecular flexibility index (Phi) is 4.95. The van der Waals surface area contributed by atoms with Crippen molar-refractivity contribution in [2.24, 2.45) is 5.73 Å². The van der Waals surface area contributed by atoms with Crippen molar-refractivity contribution in [3.8, 4) is 0 Å². The number of nitrogens with zero attached hydrogens (tertiary/aromatic N) is 1. The predicted octanol–water partition coefficient (Wildman–Crippen LogP) is 1.38. The Morgan fingerprint density at radius 3 is 2.39 bits per heavy atom. The molecule has 3 N–H and O–H groups in total. The van der Waals surface area contributed by atoms with Crippen molar-refractivity contribution < 1.29 is 8.42 Å². The molecule has 1 aromatic rings. The summed E-state index contributed by atoms with van der Waals surface area (Å²) in [6.07, 6.45) is 0.667. The molecule has 0 spiro atoms. The molecule has 0 atom stereocenters. The maximum atomic E-state index is 12.6. The molecule has 0 bridgehead atoms. The van der Waals surface area contributed by atoms with E-state index >= 15 is 0 Å². The molecule has 0 aliphatic rings. The van der Waals surface area contributed by atoms with Crippen molar-refractivity contribution in [1.29, 1.82) is 0 Å². The van der Waals surface area contributed by atoms with Gasteiger partial charge in [-0.05, 0) is 46.7 Å². The second-order valence-electron chi connectivity index (χ2n) is 4.79. The molecule has 0 fully saturated rings. The molecule has 0 aliphatic heterocycles. The van der Waals surface area contributed by atoms with Crippen LogP contribution in [0.4, 0.5) is 0 Å². The van der Waals surface area contributed by atoms with Gasteiger partial charge in [0.05, 0.1) is 0 Å². The van der Waals surface area contributed by atoms with Gasteiger partial charge >= 0.3 is 0 Å². The third-order valence-electron chi connectivity index (χ3n) is 2.85. The average Bonchev–Trinajstić information content (AvgIpc) is 2.58. The fraction of sp³-hybridized carbons (Fsp3) is 0.667. The Morgan fingerprint density at radius 2 is 2.00 bits per heavy atom. The summed E-state index contributed by atoms with van der Waals surface area (Å²) in [4.78, 5) is 3.40. The summed E-state index contributed by atoms with van der Waals surface area (Å²) in [5, 5.41) is 0. The van der Waals surface area contributed by atoms with E-state index in [0.717, 1.165) is 5.69 Å². The number of aromatic amines is 1. The van der Waals surface area contributed by atoms with Gasteiger partial charge < -0.3 is 10.7 Å². The summed E-state index contributed by atoms with van der Waals surface area (Å²) < 4.78 is 26.7. The number of nitrogens with two attached hydrogens (primary N) is 1. The normalized spacial score (nSPS) is 12.6. The van der Waals surface area contributed by atoms with E-state index in [4.69, 9.17) is 5.73 Å². The SMILES string of the molecule is Cc1cc(S(=O)(=O)N(CCCN)C(C)C)c(C)[nH]1. The van der Waals surface area contributed by atoms with Gasteiger partial charge in [0, 0.05) is 24.0 Å². The third-order valence-corrected chi connectivity index (χ3v) is 5.05. The Morgan fingerprint density at radius 1 is 1.39 bits per heavy atom. The van der Waals surface area contributed by atoms with E-state index in [2.05, 4.69) is 4.98 Å². The van der Waals surface area contributed by atoms with Crippen LogP contribution in [-0.2, 0) is 10.0 Å². The van der Waals surface area contributed by atoms with Crippen molar-refractivity contribution in [3.63, 3.8) is 0 Å². The first-order valence-corrected chi connectivity index (χ1v) is 7.62. The van der Waals surface area contributed by atoms with Gasteiger partial charge in [0.15, 0.2) is 0 Å². The lowest BCUT2D eigenvalue weighted by Crippen LogP contribution is -2.38. The molecule has 0 aromatic carbocycles. The van der Waals surface area contributed by atoms with E-state index in [1.807, 2.05) is 20.8 Å². The fourth-order valence-electron chi connectivity index (χ4n) is 2.00. The van der Waals surface area contributed by atoms with Crippen molar-refractivity contribution in [2.75, 3.05) is 13.1 Å². The van der Waals surface area contributed by atoms with Crippen LogP contribution >= 0.6 is 0 Å². The first-order chi connectivity index (χ1) is 8.30. The van der Waals surface area contributed by atoms with Crippen LogP contribution in [-0.4, -0.2) is 36.8 Å². The van der Waals surface area contributed by atoms with Crippen LogP contribution in [0.5, 0.6) is 0 Å². The Balaban J connectivity index is 3.13. The molecule has 0 saturated heterocycles. The summed E-state index contributed by atoms with van der Waals surface area (Å²) in [7, 11) is -3.44. The minimum Gasteiger partial charge on any atom is -0.362 e. The number of rotatable bonds is 6. The monoisotopic (exact) mass is 273 g/mol. The average molecular weight is 273 g/mol. The maximum Gasteiger partial charge on any atom is 0.245 e. The number of hydrogen-bond acceptors (Lipinski definition) is 3. The van der Waals surface area contributed by atoms with Crippen molar-refractivity contribution in [2.45, 2.75) is 45.1 Å². The highest BCUT2D eigenvalue weighted by atomic mass is 32.2. The van der Waals surface area contributed by atoms with Gasteiger partial charge in [0.2, 0.25) is 10.0 Å². The molecular formula is C12H23N3O2S. The molecular weight excluding hydrogens is 250 g/mol. The van der Waals surface area contributed by atoms with Crippen molar-refractivity contribution in [1.82, 2.24) is 9.29 Å². The molecule has 1 heterocycles. The van der Waals surface area contributed by atoms with Crippen LogP contribution in [0, 0.1) is 13.8 Å². The molecule has 0 saturated carbocycles. The van der Waals surface area contributed by atoms with E-state index < -0.39 is 10.0 Å². The van der Waals surface area contributed by atoms with Crippen LogP contribution in [0.25, 0.3) is 0 Å². The number of nitrogens with one attached hydrogen (secondary N) is 1. The zero-order valence-corrected chi connectivity index (χ0v) is 12.3. The minimum atomic E-state index is -3.44. The topological polar surface area (TPSA) is 79.2 Å². The lowest BCUT2D eigenvalue weighted by molar-refractivity contribution is 0.351. The molecule has 104 valence electrons. The van der Waals surface area contributed by atoms with Gasteiger partial charge in [-0.25, -0.2) is 8.42 Å². The second-order valence-corrected chi connectivity index (χ2v) is 6.65. The number of H-pyrrole nitrogens is 1. The third kappa shape index (κ3) is 3.13. The van der Waals surface area contributed by atoms with Gasteiger partial charge in [-0.2, -0.15) is 4.31 Å². The quantitative estimate of drug-likeness (QED) is 0.822. The number of aromatic nitrogens is 1. The highest BCUT2D eigenvalue weighted by molar-refractivity contribution is 7.89. The molecule has 6 heteroatoms. The van der Waals surface area contributed by atoms with Crippen LogP contribution in [0.3, 0.4) is 0 Å². The van der Waals surface area contributed by atoms with Crippen LogP contribution in [0.15, 0.2) is 11.0 Å². The first-order valence-electron chi connectivity index (χ1n) is 6.18. The smallest absolute Gasteiger partial charge is 0.245 e. The highest BCUT2D eigenvalue weighted by Crippen LogP contribution is 2.22. The van der Waals surface area contributed by atoms with Gasteiger partial charge in [-0.1, -0.05) is 0 Å². The van der Waals surface area contributed by atoms with E-state index in [-0.39, 0.29) is 6.04 Å². The Labute approximate surface area is 109 Å².